The molecule has 0 heterocycles. The molecule has 0 spiro atoms. The highest BCUT2D eigenvalue weighted by atomic mass is 79.9. The number of phenolic OH excluding ortho intramolecular Hbond substituents is 1. The molecule has 1 N–H and O–H groups in total. The van der Waals surface area contributed by atoms with Crippen LogP contribution >= 0.6 is 31.9 Å². The highest BCUT2D eigenvalue weighted by molar-refractivity contribution is 9.10. The third-order valence-electron chi connectivity index (χ3n) is 6.45. The molecule has 6 rings (SSSR count). The van der Waals surface area contributed by atoms with Crippen molar-refractivity contribution in [1.82, 2.24) is 0 Å². The first-order valence-electron chi connectivity index (χ1n) is 11.4. The Kier molecular flexibility index (Phi) is 5.68. The summed E-state index contributed by atoms with van der Waals surface area (Å²) in [6.07, 6.45) is 0. The van der Waals surface area contributed by atoms with Crippen molar-refractivity contribution in [3.63, 3.8) is 0 Å². The zero-order valence-corrected chi connectivity index (χ0v) is 21.8. The van der Waals surface area contributed by atoms with Crippen molar-refractivity contribution in [3.05, 3.63) is 124 Å². The maximum Gasteiger partial charge on any atom is 0.131 e. The third kappa shape index (κ3) is 4.05. The van der Waals surface area contributed by atoms with Crippen LogP contribution in [0.3, 0.4) is 0 Å². The molecule has 6 aromatic rings. The standard InChI is InChI=1S/C32H20Br2O/c33-25-11-13-27-23(16-25)15-22(20-7-3-1-4-8-20)18-30(27)31-28-14-12-26(34)17-24(28)19-29(32(31)35)21-9-5-2-6-10-21/h1-19,35H. The molecule has 0 aliphatic carbocycles. The zero-order chi connectivity index (χ0) is 23.9. The molecular weight excluding hydrogens is 560 g/mol. The van der Waals surface area contributed by atoms with Crippen molar-refractivity contribution in [3.8, 4) is 39.1 Å². The van der Waals surface area contributed by atoms with E-state index in [9.17, 15) is 5.11 Å². The van der Waals surface area contributed by atoms with E-state index in [4.69, 9.17) is 0 Å². The lowest BCUT2D eigenvalue weighted by atomic mass is 9.87. The van der Waals surface area contributed by atoms with Crippen LogP contribution in [0.4, 0.5) is 0 Å². The van der Waals surface area contributed by atoms with Gasteiger partial charge in [-0.25, -0.2) is 0 Å². The minimum absolute atomic E-state index is 0.292. The van der Waals surface area contributed by atoms with Gasteiger partial charge in [0.25, 0.3) is 0 Å². The number of hydrogen-bond donors (Lipinski definition) is 1. The summed E-state index contributed by atoms with van der Waals surface area (Å²) in [5, 5.41) is 16.1. The molecule has 0 saturated carbocycles. The van der Waals surface area contributed by atoms with Crippen LogP contribution in [-0.4, -0.2) is 5.11 Å². The van der Waals surface area contributed by atoms with Gasteiger partial charge in [-0.15, -0.1) is 0 Å². The lowest BCUT2D eigenvalue weighted by molar-refractivity contribution is 0.480. The predicted octanol–water partition coefficient (Wildman–Crippen LogP) is 10.2. The van der Waals surface area contributed by atoms with Gasteiger partial charge < -0.3 is 5.11 Å². The van der Waals surface area contributed by atoms with E-state index in [-0.39, 0.29) is 0 Å². The zero-order valence-electron chi connectivity index (χ0n) is 18.7. The van der Waals surface area contributed by atoms with Gasteiger partial charge in [-0.1, -0.05) is 105 Å². The van der Waals surface area contributed by atoms with Crippen molar-refractivity contribution >= 4 is 53.4 Å². The van der Waals surface area contributed by atoms with Gasteiger partial charge in [0.1, 0.15) is 5.75 Å². The summed E-state index contributed by atoms with van der Waals surface area (Å²) in [5.74, 6) is 0.292. The number of aromatic hydroxyl groups is 1. The van der Waals surface area contributed by atoms with Crippen molar-refractivity contribution in [1.29, 1.82) is 0 Å². The number of rotatable bonds is 3. The first-order chi connectivity index (χ1) is 17.1. The van der Waals surface area contributed by atoms with Gasteiger partial charge in [0.05, 0.1) is 0 Å². The van der Waals surface area contributed by atoms with Crippen LogP contribution in [-0.2, 0) is 0 Å². The lowest BCUT2D eigenvalue weighted by Crippen LogP contribution is -1.91. The number of phenols is 1. The fraction of sp³-hybridized carbons (Fsp3) is 0. The van der Waals surface area contributed by atoms with Crippen LogP contribution in [0.2, 0.25) is 0 Å². The van der Waals surface area contributed by atoms with E-state index in [2.05, 4.69) is 105 Å². The lowest BCUT2D eigenvalue weighted by Gasteiger charge is -2.18. The molecular formula is C32H20Br2O. The molecule has 0 atom stereocenters. The van der Waals surface area contributed by atoms with E-state index in [0.717, 1.165) is 63.9 Å². The second-order valence-corrected chi connectivity index (χ2v) is 10.5. The van der Waals surface area contributed by atoms with E-state index in [1.165, 1.54) is 0 Å². The molecule has 0 aliphatic heterocycles. The van der Waals surface area contributed by atoms with E-state index < -0.39 is 0 Å². The van der Waals surface area contributed by atoms with Gasteiger partial charge in [0, 0.05) is 20.1 Å². The maximum atomic E-state index is 11.8. The smallest absolute Gasteiger partial charge is 0.131 e. The van der Waals surface area contributed by atoms with E-state index in [0.29, 0.717) is 5.75 Å². The Balaban J connectivity index is 1.76. The molecule has 0 radical (unpaired) electrons. The molecule has 0 unspecified atom stereocenters. The molecule has 3 heteroatoms. The summed E-state index contributed by atoms with van der Waals surface area (Å²) in [7, 11) is 0. The minimum atomic E-state index is 0.292. The summed E-state index contributed by atoms with van der Waals surface area (Å²) in [6, 6.07) is 39.5. The summed E-state index contributed by atoms with van der Waals surface area (Å²) in [5.41, 5.74) is 5.92. The van der Waals surface area contributed by atoms with Crippen LogP contribution in [0, 0.1) is 0 Å². The van der Waals surface area contributed by atoms with Crippen molar-refractivity contribution in [2.24, 2.45) is 0 Å². The van der Waals surface area contributed by atoms with Crippen LogP contribution in [0.5, 0.6) is 5.75 Å². The first kappa shape index (κ1) is 22.1. The van der Waals surface area contributed by atoms with Gasteiger partial charge in [-0.3, -0.25) is 0 Å². The number of hydrogen-bond acceptors (Lipinski definition) is 1. The molecule has 0 fully saturated rings. The Labute approximate surface area is 220 Å². The number of benzene rings is 6. The fourth-order valence-corrected chi connectivity index (χ4v) is 5.58. The van der Waals surface area contributed by atoms with Crippen LogP contribution in [0.1, 0.15) is 0 Å². The Morgan fingerprint density at radius 2 is 1.03 bits per heavy atom. The molecule has 0 saturated heterocycles. The maximum absolute atomic E-state index is 11.8. The summed E-state index contributed by atoms with van der Waals surface area (Å²) in [6.45, 7) is 0. The monoisotopic (exact) mass is 578 g/mol. The Morgan fingerprint density at radius 3 is 1.69 bits per heavy atom. The summed E-state index contributed by atoms with van der Waals surface area (Å²) < 4.78 is 2.03. The van der Waals surface area contributed by atoms with E-state index >= 15 is 0 Å². The van der Waals surface area contributed by atoms with Gasteiger partial charge in [-0.2, -0.15) is 0 Å². The topological polar surface area (TPSA) is 20.2 Å². The molecule has 0 aromatic heterocycles. The van der Waals surface area contributed by atoms with Gasteiger partial charge >= 0.3 is 0 Å². The fourth-order valence-electron chi connectivity index (χ4n) is 4.82. The molecule has 0 amide bonds. The van der Waals surface area contributed by atoms with Crippen molar-refractivity contribution in [2.45, 2.75) is 0 Å². The molecule has 168 valence electrons. The number of halogens is 2. The Hall–Kier alpha value is -3.40. The average Bonchev–Trinajstić information content (AvgIpc) is 2.89. The molecule has 1 nitrogen and oxygen atoms in total. The summed E-state index contributed by atoms with van der Waals surface area (Å²) >= 11 is 7.28. The SMILES string of the molecule is Oc1c(-c2ccccc2)cc2cc(Br)ccc2c1-c1cc(-c2ccccc2)cc2cc(Br)ccc12. The highest BCUT2D eigenvalue weighted by Crippen LogP contribution is 2.47. The second kappa shape index (κ2) is 8.99. The molecule has 0 aliphatic rings. The van der Waals surface area contributed by atoms with E-state index in [1.54, 1.807) is 0 Å². The first-order valence-corrected chi connectivity index (χ1v) is 13.0. The largest absolute Gasteiger partial charge is 0.507 e. The Bertz CT molecular complexity index is 1710. The van der Waals surface area contributed by atoms with Crippen LogP contribution < -0.4 is 0 Å². The molecule has 35 heavy (non-hydrogen) atoms. The predicted molar refractivity (Wildman–Crippen MR) is 155 cm³/mol. The number of fused-ring (bicyclic) bond motifs is 2. The average molecular weight is 580 g/mol. The summed E-state index contributed by atoms with van der Waals surface area (Å²) in [4.78, 5) is 0. The highest BCUT2D eigenvalue weighted by Gasteiger charge is 2.19. The Morgan fingerprint density at radius 1 is 0.457 bits per heavy atom. The minimum Gasteiger partial charge on any atom is -0.507 e. The quantitative estimate of drug-likeness (QED) is 0.221. The van der Waals surface area contributed by atoms with Crippen LogP contribution in [0.15, 0.2) is 124 Å². The normalized spacial score (nSPS) is 11.3. The second-order valence-electron chi connectivity index (χ2n) is 8.63. The van der Waals surface area contributed by atoms with Gasteiger partial charge in [0.2, 0.25) is 0 Å². The van der Waals surface area contributed by atoms with E-state index in [1.807, 2.05) is 42.5 Å². The van der Waals surface area contributed by atoms with Gasteiger partial charge in [-0.05, 0) is 86.3 Å². The third-order valence-corrected chi connectivity index (χ3v) is 7.44. The molecule has 6 aromatic carbocycles. The van der Waals surface area contributed by atoms with Crippen LogP contribution in [0.25, 0.3) is 54.9 Å². The molecule has 0 bridgehead atoms. The van der Waals surface area contributed by atoms with Crippen molar-refractivity contribution in [2.75, 3.05) is 0 Å². The van der Waals surface area contributed by atoms with Gasteiger partial charge in [0.15, 0.2) is 0 Å². The van der Waals surface area contributed by atoms with Crippen molar-refractivity contribution < 1.29 is 5.11 Å².